The van der Waals surface area contributed by atoms with Gasteiger partial charge in [-0.3, -0.25) is 4.79 Å². The number of carbonyl (C=O) groups is 1. The lowest BCUT2D eigenvalue weighted by Gasteiger charge is -2.21. The highest BCUT2D eigenvalue weighted by atomic mass is 16.6. The smallest absolute Gasteiger partial charge is 0.197 e. The highest BCUT2D eigenvalue weighted by Gasteiger charge is 2.26. The second-order valence-electron chi connectivity index (χ2n) is 5.03. The van der Waals surface area contributed by atoms with E-state index in [9.17, 15) is 4.79 Å². The van der Waals surface area contributed by atoms with Gasteiger partial charge in [0.15, 0.2) is 5.78 Å². The molecule has 23 heavy (non-hydrogen) atoms. The van der Waals surface area contributed by atoms with Crippen LogP contribution in [0.1, 0.15) is 27.9 Å². The molecule has 118 valence electrons. The Hall–Kier alpha value is -2.82. The molecule has 0 amide bonds. The summed E-state index contributed by atoms with van der Waals surface area (Å²) in [4.78, 5) is 17.9. The van der Waals surface area contributed by atoms with Gasteiger partial charge in [-0.2, -0.15) is 0 Å². The number of benzene rings is 2. The number of carbonyl (C=O) groups excluding carboxylic acids is 1. The van der Waals surface area contributed by atoms with E-state index in [1.165, 1.54) is 7.11 Å². The van der Waals surface area contributed by atoms with E-state index in [-0.39, 0.29) is 5.78 Å². The van der Waals surface area contributed by atoms with E-state index in [1.54, 1.807) is 31.4 Å². The van der Waals surface area contributed by atoms with Crippen LogP contribution in [0.5, 0.6) is 11.5 Å². The Labute approximate surface area is 134 Å². The summed E-state index contributed by atoms with van der Waals surface area (Å²) in [5.41, 5.74) is 2.44. The summed E-state index contributed by atoms with van der Waals surface area (Å²) in [7, 11) is 3.04. The van der Waals surface area contributed by atoms with Crippen molar-refractivity contribution in [2.75, 3.05) is 20.8 Å². The molecule has 1 heterocycles. The first-order chi connectivity index (χ1) is 11.3. The van der Waals surface area contributed by atoms with E-state index >= 15 is 0 Å². The molecular weight excluding hydrogens is 294 g/mol. The number of nitrogens with zero attached hydrogens (tertiary/aromatic N) is 1. The molecular formula is C18H17NO4. The molecule has 2 aromatic carbocycles. The molecule has 0 saturated carbocycles. The molecule has 0 fully saturated rings. The van der Waals surface area contributed by atoms with Crippen LogP contribution in [-0.4, -0.2) is 32.3 Å². The minimum Gasteiger partial charge on any atom is -0.496 e. The number of ketones is 1. The fourth-order valence-electron chi connectivity index (χ4n) is 2.70. The van der Waals surface area contributed by atoms with Crippen molar-refractivity contribution in [1.82, 2.24) is 0 Å². The number of fused-ring (bicyclic) bond motifs is 1. The molecule has 0 N–H and O–H groups in total. The molecule has 2 aromatic rings. The fourth-order valence-corrected chi connectivity index (χ4v) is 2.70. The van der Waals surface area contributed by atoms with Gasteiger partial charge in [0.25, 0.3) is 0 Å². The van der Waals surface area contributed by atoms with Gasteiger partial charge < -0.3 is 14.3 Å². The van der Waals surface area contributed by atoms with Crippen LogP contribution in [0.25, 0.3) is 0 Å². The molecule has 0 aliphatic carbocycles. The van der Waals surface area contributed by atoms with Crippen LogP contribution in [0.15, 0.2) is 47.6 Å². The van der Waals surface area contributed by atoms with Gasteiger partial charge in [-0.25, -0.2) is 0 Å². The van der Waals surface area contributed by atoms with E-state index in [0.29, 0.717) is 46.9 Å². The topological polar surface area (TPSA) is 57.1 Å². The molecule has 3 rings (SSSR count). The average Bonchev–Trinajstić information content (AvgIpc) is 2.61. The molecule has 0 unspecified atom stereocenters. The van der Waals surface area contributed by atoms with Gasteiger partial charge in [0.2, 0.25) is 0 Å². The Bertz CT molecular complexity index is 767. The second-order valence-corrected chi connectivity index (χ2v) is 5.03. The summed E-state index contributed by atoms with van der Waals surface area (Å²) in [5, 5.41) is 4.06. The first kappa shape index (κ1) is 15.1. The van der Waals surface area contributed by atoms with Crippen molar-refractivity contribution in [3.63, 3.8) is 0 Å². The molecule has 1 aliphatic rings. The van der Waals surface area contributed by atoms with E-state index in [0.717, 1.165) is 0 Å². The largest absolute Gasteiger partial charge is 0.496 e. The SMILES string of the molecule is CO/N=C1\CCOc2cccc(C(=O)c3ccccc3OC)c21. The number of methoxy groups -OCH3 is 1. The van der Waals surface area contributed by atoms with Crippen LogP contribution in [0.4, 0.5) is 0 Å². The van der Waals surface area contributed by atoms with Crippen molar-refractivity contribution in [1.29, 1.82) is 0 Å². The van der Waals surface area contributed by atoms with Gasteiger partial charge in [-0.05, 0) is 18.2 Å². The second kappa shape index (κ2) is 6.52. The standard InChI is InChI=1S/C18H17NO4/c1-21-15-8-4-3-6-12(15)18(20)13-7-5-9-16-17(13)14(19-22-2)10-11-23-16/h3-9H,10-11H2,1-2H3/b19-14+. The van der Waals surface area contributed by atoms with Crippen molar-refractivity contribution in [3.05, 3.63) is 59.2 Å². The Balaban J connectivity index is 2.14. The molecule has 0 bridgehead atoms. The van der Waals surface area contributed by atoms with Gasteiger partial charge in [-0.15, -0.1) is 0 Å². The Morgan fingerprint density at radius 3 is 2.65 bits per heavy atom. The maximum atomic E-state index is 13.0. The Kier molecular flexibility index (Phi) is 4.28. The van der Waals surface area contributed by atoms with Gasteiger partial charge in [0.05, 0.1) is 30.6 Å². The number of oxime groups is 1. The van der Waals surface area contributed by atoms with Crippen LogP contribution in [-0.2, 0) is 4.84 Å². The lowest BCUT2D eigenvalue weighted by molar-refractivity contribution is 0.103. The third-order valence-corrected chi connectivity index (χ3v) is 3.71. The van der Waals surface area contributed by atoms with Crippen molar-refractivity contribution in [2.45, 2.75) is 6.42 Å². The maximum Gasteiger partial charge on any atom is 0.197 e. The highest BCUT2D eigenvalue weighted by molar-refractivity contribution is 6.19. The van der Waals surface area contributed by atoms with Crippen LogP contribution in [0, 0.1) is 0 Å². The highest BCUT2D eigenvalue weighted by Crippen LogP contribution is 2.31. The lowest BCUT2D eigenvalue weighted by atomic mass is 9.92. The van der Waals surface area contributed by atoms with Crippen LogP contribution in [0.2, 0.25) is 0 Å². The molecule has 5 nitrogen and oxygen atoms in total. The number of ether oxygens (including phenoxy) is 2. The summed E-state index contributed by atoms with van der Waals surface area (Å²) < 4.78 is 11.0. The van der Waals surface area contributed by atoms with Crippen molar-refractivity contribution < 1.29 is 19.1 Å². The van der Waals surface area contributed by atoms with Gasteiger partial charge in [-0.1, -0.05) is 29.4 Å². The zero-order chi connectivity index (χ0) is 16.2. The van der Waals surface area contributed by atoms with E-state index < -0.39 is 0 Å². The molecule has 5 heteroatoms. The summed E-state index contributed by atoms with van der Waals surface area (Å²) in [5.74, 6) is 1.05. The maximum absolute atomic E-state index is 13.0. The minimum atomic E-state index is -0.131. The monoisotopic (exact) mass is 311 g/mol. The van der Waals surface area contributed by atoms with Crippen LogP contribution in [0.3, 0.4) is 0 Å². The predicted molar refractivity (Wildman–Crippen MR) is 86.5 cm³/mol. The normalized spacial score (nSPS) is 14.8. The quantitative estimate of drug-likeness (QED) is 0.643. The van der Waals surface area contributed by atoms with Crippen LogP contribution < -0.4 is 9.47 Å². The third kappa shape index (κ3) is 2.77. The zero-order valence-corrected chi connectivity index (χ0v) is 13.0. The predicted octanol–water partition coefficient (Wildman–Crippen LogP) is 3.06. The van der Waals surface area contributed by atoms with Crippen molar-refractivity contribution >= 4 is 11.5 Å². The number of rotatable bonds is 4. The molecule has 0 radical (unpaired) electrons. The first-order valence-corrected chi connectivity index (χ1v) is 7.30. The van der Waals surface area contributed by atoms with Crippen molar-refractivity contribution in [2.24, 2.45) is 5.16 Å². The van der Waals surface area contributed by atoms with E-state index in [4.69, 9.17) is 14.3 Å². The molecule has 1 aliphatic heterocycles. The lowest BCUT2D eigenvalue weighted by Crippen LogP contribution is -2.20. The molecule has 0 spiro atoms. The molecule has 0 atom stereocenters. The third-order valence-electron chi connectivity index (χ3n) is 3.71. The zero-order valence-electron chi connectivity index (χ0n) is 13.0. The molecule has 0 saturated heterocycles. The van der Waals surface area contributed by atoms with Gasteiger partial charge >= 0.3 is 0 Å². The summed E-state index contributed by atoms with van der Waals surface area (Å²) in [6, 6.07) is 12.6. The van der Waals surface area contributed by atoms with Gasteiger partial charge in [0, 0.05) is 12.0 Å². The van der Waals surface area contributed by atoms with E-state index in [2.05, 4.69) is 5.16 Å². The Morgan fingerprint density at radius 2 is 1.87 bits per heavy atom. The summed E-state index contributed by atoms with van der Waals surface area (Å²) in [6.07, 6.45) is 0.594. The van der Waals surface area contributed by atoms with Crippen LogP contribution >= 0.6 is 0 Å². The first-order valence-electron chi connectivity index (χ1n) is 7.30. The number of hydrogen-bond acceptors (Lipinski definition) is 5. The average molecular weight is 311 g/mol. The van der Waals surface area contributed by atoms with E-state index in [1.807, 2.05) is 18.2 Å². The fraction of sp³-hybridized carbons (Fsp3) is 0.222. The van der Waals surface area contributed by atoms with Crippen molar-refractivity contribution in [3.8, 4) is 11.5 Å². The summed E-state index contributed by atoms with van der Waals surface area (Å²) in [6.45, 7) is 0.515. The Morgan fingerprint density at radius 1 is 1.09 bits per heavy atom. The van der Waals surface area contributed by atoms with Gasteiger partial charge in [0.1, 0.15) is 18.6 Å². The summed E-state index contributed by atoms with van der Waals surface area (Å²) >= 11 is 0. The minimum absolute atomic E-state index is 0.131. The number of hydrogen-bond donors (Lipinski definition) is 0. The number of para-hydroxylation sites is 1. The molecule has 0 aromatic heterocycles.